The minimum absolute atomic E-state index is 0.0786. The van der Waals surface area contributed by atoms with Gasteiger partial charge >= 0.3 is 0 Å². The van der Waals surface area contributed by atoms with Gasteiger partial charge < -0.3 is 5.32 Å². The average molecular weight is 269 g/mol. The second kappa shape index (κ2) is 6.17. The van der Waals surface area contributed by atoms with Gasteiger partial charge in [0.2, 0.25) is 11.1 Å². The lowest BCUT2D eigenvalue weighted by atomic mass is 9.95. The fourth-order valence-corrected chi connectivity index (χ4v) is 2.86. The van der Waals surface area contributed by atoms with E-state index in [2.05, 4.69) is 20.8 Å². The van der Waals surface area contributed by atoms with E-state index in [0.29, 0.717) is 11.2 Å². The summed E-state index contributed by atoms with van der Waals surface area (Å²) in [4.78, 5) is 12.0. The van der Waals surface area contributed by atoms with E-state index in [1.807, 2.05) is 6.92 Å². The first-order chi connectivity index (χ1) is 8.66. The van der Waals surface area contributed by atoms with E-state index in [9.17, 15) is 4.79 Å². The highest BCUT2D eigenvalue weighted by molar-refractivity contribution is 8.00. The Bertz CT molecular complexity index is 402. The highest BCUT2D eigenvalue weighted by atomic mass is 32.2. The van der Waals surface area contributed by atoms with Gasteiger partial charge in [-0.2, -0.15) is 0 Å². The van der Waals surface area contributed by atoms with Gasteiger partial charge in [0.15, 0.2) is 0 Å². The zero-order valence-corrected chi connectivity index (χ0v) is 11.6. The van der Waals surface area contributed by atoms with Crippen molar-refractivity contribution in [3.05, 3.63) is 0 Å². The first kappa shape index (κ1) is 13.3. The third-order valence-corrected chi connectivity index (χ3v) is 4.31. The van der Waals surface area contributed by atoms with Crippen LogP contribution >= 0.6 is 11.8 Å². The summed E-state index contributed by atoms with van der Waals surface area (Å²) in [6.07, 6.45) is 5.95. The summed E-state index contributed by atoms with van der Waals surface area (Å²) in [7, 11) is 1.77. The Hall–Kier alpha value is -1.11. The molecule has 0 spiro atoms. The molecular formula is C11H19N5OS. The maximum absolute atomic E-state index is 12.0. The molecule has 1 saturated carbocycles. The van der Waals surface area contributed by atoms with E-state index in [1.165, 1.54) is 31.0 Å². The van der Waals surface area contributed by atoms with Crippen LogP contribution in [-0.4, -0.2) is 37.4 Å². The number of rotatable bonds is 4. The average Bonchev–Trinajstić information content (AvgIpc) is 2.76. The maximum atomic E-state index is 12.0. The SMILES string of the molecule is C[C@H](Sc1nnnn1C)C(=O)NC1CCCCC1. The molecule has 1 amide bonds. The molecule has 0 radical (unpaired) electrons. The lowest BCUT2D eigenvalue weighted by molar-refractivity contribution is -0.121. The summed E-state index contributed by atoms with van der Waals surface area (Å²) < 4.78 is 1.58. The number of aromatic nitrogens is 4. The number of amides is 1. The van der Waals surface area contributed by atoms with E-state index >= 15 is 0 Å². The van der Waals surface area contributed by atoms with Crippen molar-refractivity contribution in [3.63, 3.8) is 0 Å². The van der Waals surface area contributed by atoms with Gasteiger partial charge in [-0.1, -0.05) is 31.0 Å². The molecule has 2 rings (SSSR count). The van der Waals surface area contributed by atoms with E-state index in [1.54, 1.807) is 11.7 Å². The Morgan fingerprint density at radius 1 is 1.44 bits per heavy atom. The maximum Gasteiger partial charge on any atom is 0.233 e. The van der Waals surface area contributed by atoms with Crippen LogP contribution in [0.4, 0.5) is 0 Å². The van der Waals surface area contributed by atoms with Gasteiger partial charge in [0.25, 0.3) is 0 Å². The lowest BCUT2D eigenvalue weighted by Crippen LogP contribution is -2.40. The van der Waals surface area contributed by atoms with E-state index in [-0.39, 0.29) is 11.2 Å². The summed E-state index contributed by atoms with van der Waals surface area (Å²) in [5.41, 5.74) is 0. The normalized spacial score (nSPS) is 18.6. The monoisotopic (exact) mass is 269 g/mol. The number of thioether (sulfide) groups is 1. The standard InChI is InChI=1S/C11H19N5OS/c1-8(18-11-13-14-15-16(11)2)10(17)12-9-6-4-3-5-7-9/h8-9H,3-7H2,1-2H3,(H,12,17)/t8-/m0/s1. The minimum atomic E-state index is -0.170. The zero-order chi connectivity index (χ0) is 13.0. The van der Waals surface area contributed by atoms with Crippen LogP contribution in [0.2, 0.25) is 0 Å². The number of hydrogen-bond acceptors (Lipinski definition) is 5. The summed E-state index contributed by atoms with van der Waals surface area (Å²) in [6.45, 7) is 1.89. The third-order valence-electron chi connectivity index (χ3n) is 3.18. The number of tetrazole rings is 1. The molecule has 0 aliphatic heterocycles. The van der Waals surface area contributed by atoms with Crippen molar-refractivity contribution in [1.29, 1.82) is 0 Å². The van der Waals surface area contributed by atoms with Crippen molar-refractivity contribution in [1.82, 2.24) is 25.5 Å². The lowest BCUT2D eigenvalue weighted by Gasteiger charge is -2.24. The summed E-state index contributed by atoms with van der Waals surface area (Å²) in [5, 5.41) is 14.8. The van der Waals surface area contributed by atoms with Crippen molar-refractivity contribution < 1.29 is 4.79 Å². The molecule has 1 aromatic heterocycles. The number of aryl methyl sites for hydroxylation is 1. The summed E-state index contributed by atoms with van der Waals surface area (Å²) in [6, 6.07) is 0.354. The molecule has 0 saturated heterocycles. The van der Waals surface area contributed by atoms with E-state index < -0.39 is 0 Å². The van der Waals surface area contributed by atoms with Crippen molar-refractivity contribution >= 4 is 17.7 Å². The second-order valence-electron chi connectivity index (χ2n) is 4.69. The number of carbonyl (C=O) groups excluding carboxylic acids is 1. The van der Waals surface area contributed by atoms with Crippen molar-refractivity contribution in [2.45, 2.75) is 55.5 Å². The number of hydrogen-bond donors (Lipinski definition) is 1. The van der Waals surface area contributed by atoms with E-state index in [0.717, 1.165) is 12.8 Å². The largest absolute Gasteiger partial charge is 0.352 e. The Morgan fingerprint density at radius 3 is 2.78 bits per heavy atom. The summed E-state index contributed by atoms with van der Waals surface area (Å²) >= 11 is 1.39. The van der Waals surface area contributed by atoms with Gasteiger partial charge in [0.05, 0.1) is 5.25 Å². The molecule has 6 nitrogen and oxygen atoms in total. The predicted octanol–water partition coefficient (Wildman–Crippen LogP) is 1.14. The van der Waals surface area contributed by atoms with Crippen LogP contribution in [-0.2, 0) is 11.8 Å². The van der Waals surface area contributed by atoms with Crippen LogP contribution < -0.4 is 5.32 Å². The molecule has 1 aliphatic rings. The Balaban J connectivity index is 1.83. The molecule has 100 valence electrons. The smallest absolute Gasteiger partial charge is 0.233 e. The van der Waals surface area contributed by atoms with Gasteiger partial charge in [-0.3, -0.25) is 4.79 Å². The van der Waals surface area contributed by atoms with Crippen LogP contribution in [0, 0.1) is 0 Å². The molecule has 1 N–H and O–H groups in total. The highest BCUT2D eigenvalue weighted by Crippen LogP contribution is 2.21. The van der Waals surface area contributed by atoms with Crippen molar-refractivity contribution in [2.75, 3.05) is 0 Å². The van der Waals surface area contributed by atoms with Gasteiger partial charge in [0.1, 0.15) is 0 Å². The second-order valence-corrected chi connectivity index (χ2v) is 6.00. The number of nitrogens with one attached hydrogen (secondary N) is 1. The molecule has 1 aromatic rings. The Kier molecular flexibility index (Phi) is 4.57. The first-order valence-corrected chi connectivity index (χ1v) is 7.24. The number of nitrogens with zero attached hydrogens (tertiary/aromatic N) is 4. The molecule has 1 aliphatic carbocycles. The molecule has 1 fully saturated rings. The highest BCUT2D eigenvalue weighted by Gasteiger charge is 2.21. The fourth-order valence-electron chi connectivity index (χ4n) is 2.10. The molecule has 1 heterocycles. The van der Waals surface area contributed by atoms with Crippen LogP contribution in [0.5, 0.6) is 0 Å². The first-order valence-electron chi connectivity index (χ1n) is 6.36. The predicted molar refractivity (Wildman–Crippen MR) is 69.1 cm³/mol. The van der Waals surface area contributed by atoms with Crippen LogP contribution in [0.1, 0.15) is 39.0 Å². The topological polar surface area (TPSA) is 72.7 Å². The third kappa shape index (κ3) is 3.44. The van der Waals surface area contributed by atoms with Gasteiger partial charge in [-0.05, 0) is 30.2 Å². The Labute approximate surface area is 111 Å². The molecule has 0 aromatic carbocycles. The number of carbonyl (C=O) groups is 1. The fraction of sp³-hybridized carbons (Fsp3) is 0.818. The summed E-state index contributed by atoms with van der Waals surface area (Å²) in [5.74, 6) is 0.0786. The molecule has 18 heavy (non-hydrogen) atoms. The quantitative estimate of drug-likeness (QED) is 0.830. The van der Waals surface area contributed by atoms with Crippen molar-refractivity contribution in [2.24, 2.45) is 7.05 Å². The molecule has 1 atom stereocenters. The molecular weight excluding hydrogens is 250 g/mol. The van der Waals surface area contributed by atoms with Crippen LogP contribution in [0.3, 0.4) is 0 Å². The van der Waals surface area contributed by atoms with E-state index in [4.69, 9.17) is 0 Å². The van der Waals surface area contributed by atoms with Gasteiger partial charge in [-0.15, -0.1) is 5.10 Å². The zero-order valence-electron chi connectivity index (χ0n) is 10.8. The molecule has 0 bridgehead atoms. The van der Waals surface area contributed by atoms with Crippen molar-refractivity contribution in [3.8, 4) is 0 Å². The van der Waals surface area contributed by atoms with Gasteiger partial charge in [0, 0.05) is 13.1 Å². The van der Waals surface area contributed by atoms with Gasteiger partial charge in [-0.25, -0.2) is 4.68 Å². The van der Waals surface area contributed by atoms with Crippen LogP contribution in [0.15, 0.2) is 5.16 Å². The molecule has 0 unspecified atom stereocenters. The Morgan fingerprint density at radius 2 is 2.17 bits per heavy atom. The minimum Gasteiger partial charge on any atom is -0.352 e. The van der Waals surface area contributed by atoms with Crippen LogP contribution in [0.25, 0.3) is 0 Å². The molecule has 7 heteroatoms.